The van der Waals surface area contributed by atoms with E-state index in [1.54, 1.807) is 31.3 Å². The van der Waals surface area contributed by atoms with E-state index in [2.05, 4.69) is 15.7 Å². The zero-order chi connectivity index (χ0) is 14.4. The molecule has 0 aliphatic carbocycles. The van der Waals surface area contributed by atoms with Gasteiger partial charge in [0.05, 0.1) is 30.9 Å². The zero-order valence-electron chi connectivity index (χ0n) is 11.3. The van der Waals surface area contributed by atoms with E-state index in [9.17, 15) is 0 Å². The summed E-state index contributed by atoms with van der Waals surface area (Å²) in [5.74, 6) is 0.728. The molecule has 1 aromatic carbocycles. The van der Waals surface area contributed by atoms with Crippen LogP contribution in [-0.4, -0.2) is 29.1 Å². The highest BCUT2D eigenvalue weighted by molar-refractivity contribution is 7.80. The Morgan fingerprint density at radius 1 is 1.30 bits per heavy atom. The summed E-state index contributed by atoms with van der Waals surface area (Å²) in [7, 11) is 3.23. The number of nitrogens with one attached hydrogen (secondary N) is 2. The molecule has 20 heavy (non-hydrogen) atoms. The first-order valence-corrected chi connectivity index (χ1v) is 6.36. The zero-order valence-corrected chi connectivity index (χ0v) is 12.1. The highest BCUT2D eigenvalue weighted by Crippen LogP contribution is 2.23. The van der Waals surface area contributed by atoms with E-state index < -0.39 is 0 Å². The molecule has 2 rings (SSSR count). The van der Waals surface area contributed by atoms with Crippen molar-refractivity contribution in [3.63, 3.8) is 0 Å². The fourth-order valence-corrected chi connectivity index (χ4v) is 1.89. The van der Waals surface area contributed by atoms with E-state index in [4.69, 9.17) is 21.7 Å². The number of nitrogens with zero attached hydrogens (tertiary/aromatic N) is 2. The molecule has 0 atom stereocenters. The number of hydrogen-bond donors (Lipinski definition) is 2. The second-order valence-corrected chi connectivity index (χ2v) is 4.37. The number of rotatable bonds is 5. The summed E-state index contributed by atoms with van der Waals surface area (Å²) in [6.07, 6.45) is 3.48. The summed E-state index contributed by atoms with van der Waals surface area (Å²) in [4.78, 5) is 0. The number of benzene rings is 1. The smallest absolute Gasteiger partial charge is 0.175 e. The van der Waals surface area contributed by atoms with Gasteiger partial charge in [-0.25, -0.2) is 4.68 Å². The lowest BCUT2D eigenvalue weighted by molar-refractivity contribution is 0.120. The van der Waals surface area contributed by atoms with Gasteiger partial charge in [-0.05, 0) is 24.4 Å². The first kappa shape index (κ1) is 14.3. The van der Waals surface area contributed by atoms with Crippen molar-refractivity contribution < 1.29 is 9.47 Å². The topological polar surface area (TPSA) is 60.3 Å². The quantitative estimate of drug-likeness (QED) is 0.825. The molecule has 0 fully saturated rings. The van der Waals surface area contributed by atoms with Gasteiger partial charge in [-0.1, -0.05) is 12.1 Å². The van der Waals surface area contributed by atoms with Crippen LogP contribution in [0.4, 0.5) is 11.4 Å². The lowest BCUT2D eigenvalue weighted by Gasteiger charge is -2.12. The lowest BCUT2D eigenvalue weighted by Crippen LogP contribution is -2.19. The minimum Gasteiger partial charge on any atom is -0.495 e. The van der Waals surface area contributed by atoms with Gasteiger partial charge in [0, 0.05) is 7.11 Å². The maximum atomic E-state index is 5.25. The number of anilines is 2. The molecule has 1 heterocycles. The fraction of sp³-hybridized carbons (Fsp3) is 0.231. The molecule has 0 radical (unpaired) electrons. The summed E-state index contributed by atoms with van der Waals surface area (Å²) in [5.41, 5.74) is 1.59. The van der Waals surface area contributed by atoms with Crippen LogP contribution in [0.5, 0.6) is 5.75 Å². The SMILES string of the molecule is COCn1cc(NC(=S)Nc2ccccc2OC)cn1. The molecule has 1 aromatic heterocycles. The van der Waals surface area contributed by atoms with E-state index in [0.717, 1.165) is 17.1 Å². The molecular formula is C13H16N4O2S. The summed E-state index contributed by atoms with van der Waals surface area (Å²) in [6.45, 7) is 0.397. The maximum absolute atomic E-state index is 5.25. The Balaban J connectivity index is 1.97. The Kier molecular flexibility index (Phi) is 4.91. The molecule has 2 N–H and O–H groups in total. The van der Waals surface area contributed by atoms with Crippen molar-refractivity contribution in [3.8, 4) is 5.75 Å². The molecule has 106 valence electrons. The molecule has 0 spiro atoms. The molecule has 0 unspecified atom stereocenters. The Hall–Kier alpha value is -2.12. The van der Waals surface area contributed by atoms with Gasteiger partial charge in [-0.15, -0.1) is 0 Å². The molecule has 0 aliphatic heterocycles. The van der Waals surface area contributed by atoms with Crippen LogP contribution in [-0.2, 0) is 11.5 Å². The van der Waals surface area contributed by atoms with Gasteiger partial charge in [0.1, 0.15) is 12.5 Å². The molecule has 0 amide bonds. The standard InChI is InChI=1S/C13H16N4O2S/c1-18-9-17-8-10(7-14-17)15-13(20)16-11-5-3-4-6-12(11)19-2/h3-8H,9H2,1-2H3,(H2,15,16,20). The summed E-state index contributed by atoms with van der Waals surface area (Å²) in [6, 6.07) is 7.56. The highest BCUT2D eigenvalue weighted by atomic mass is 32.1. The second kappa shape index (κ2) is 6.88. The van der Waals surface area contributed by atoms with Crippen LogP contribution >= 0.6 is 12.2 Å². The van der Waals surface area contributed by atoms with Crippen molar-refractivity contribution in [3.05, 3.63) is 36.7 Å². The normalized spacial score (nSPS) is 10.1. The van der Waals surface area contributed by atoms with E-state index in [1.165, 1.54) is 0 Å². The van der Waals surface area contributed by atoms with Gasteiger partial charge >= 0.3 is 0 Å². The predicted molar refractivity (Wildman–Crippen MR) is 82.1 cm³/mol. The van der Waals surface area contributed by atoms with E-state index >= 15 is 0 Å². The third-order valence-corrected chi connectivity index (χ3v) is 2.71. The molecule has 7 heteroatoms. The largest absolute Gasteiger partial charge is 0.495 e. The summed E-state index contributed by atoms with van der Waals surface area (Å²) in [5, 5.41) is 10.7. The van der Waals surface area contributed by atoms with Crippen LogP contribution in [0.25, 0.3) is 0 Å². The minimum atomic E-state index is 0.397. The molecule has 2 aromatic rings. The second-order valence-electron chi connectivity index (χ2n) is 3.97. The van der Waals surface area contributed by atoms with Gasteiger partial charge in [-0.3, -0.25) is 0 Å². The average molecular weight is 292 g/mol. The van der Waals surface area contributed by atoms with Crippen molar-refractivity contribution in [2.75, 3.05) is 24.9 Å². The van der Waals surface area contributed by atoms with Crippen LogP contribution in [0.3, 0.4) is 0 Å². The summed E-state index contributed by atoms with van der Waals surface area (Å²) >= 11 is 5.25. The third-order valence-electron chi connectivity index (χ3n) is 2.51. The van der Waals surface area contributed by atoms with E-state index in [-0.39, 0.29) is 0 Å². The van der Waals surface area contributed by atoms with E-state index in [0.29, 0.717) is 11.8 Å². The van der Waals surface area contributed by atoms with Crippen LogP contribution in [0, 0.1) is 0 Å². The first-order valence-electron chi connectivity index (χ1n) is 5.95. The van der Waals surface area contributed by atoms with Gasteiger partial charge in [0.25, 0.3) is 0 Å². The number of ether oxygens (including phenoxy) is 2. The Bertz CT molecular complexity index is 585. The number of aromatic nitrogens is 2. The molecule has 0 bridgehead atoms. The van der Waals surface area contributed by atoms with Gasteiger partial charge in [-0.2, -0.15) is 5.10 Å². The number of methoxy groups -OCH3 is 2. The highest BCUT2D eigenvalue weighted by Gasteiger charge is 2.05. The van der Waals surface area contributed by atoms with Crippen LogP contribution in [0.15, 0.2) is 36.7 Å². The predicted octanol–water partition coefficient (Wildman–Crippen LogP) is 2.30. The summed E-state index contributed by atoms with van der Waals surface area (Å²) < 4.78 is 11.9. The Labute approximate surface area is 122 Å². The Morgan fingerprint density at radius 3 is 2.85 bits per heavy atom. The number of para-hydroxylation sites is 2. The average Bonchev–Trinajstić information content (AvgIpc) is 2.87. The van der Waals surface area contributed by atoms with Crippen LogP contribution in [0.1, 0.15) is 0 Å². The lowest BCUT2D eigenvalue weighted by atomic mass is 10.3. The van der Waals surface area contributed by atoms with Crippen molar-refractivity contribution >= 4 is 28.7 Å². The van der Waals surface area contributed by atoms with Gasteiger partial charge < -0.3 is 20.1 Å². The van der Waals surface area contributed by atoms with Gasteiger partial charge in [0.2, 0.25) is 0 Å². The fourth-order valence-electron chi connectivity index (χ4n) is 1.66. The van der Waals surface area contributed by atoms with E-state index in [1.807, 2.05) is 24.3 Å². The van der Waals surface area contributed by atoms with Crippen molar-refractivity contribution in [1.82, 2.24) is 9.78 Å². The van der Waals surface area contributed by atoms with Crippen molar-refractivity contribution in [2.45, 2.75) is 6.73 Å². The number of thiocarbonyl (C=S) groups is 1. The van der Waals surface area contributed by atoms with Crippen molar-refractivity contribution in [2.24, 2.45) is 0 Å². The van der Waals surface area contributed by atoms with Crippen LogP contribution < -0.4 is 15.4 Å². The molecular weight excluding hydrogens is 276 g/mol. The molecule has 0 saturated carbocycles. The third kappa shape index (κ3) is 3.69. The molecule has 0 aliphatic rings. The molecule has 6 nitrogen and oxygen atoms in total. The van der Waals surface area contributed by atoms with Gasteiger partial charge in [0.15, 0.2) is 5.11 Å². The van der Waals surface area contributed by atoms with Crippen LogP contribution in [0.2, 0.25) is 0 Å². The first-order chi connectivity index (χ1) is 9.72. The number of hydrogen-bond acceptors (Lipinski definition) is 4. The maximum Gasteiger partial charge on any atom is 0.175 e. The van der Waals surface area contributed by atoms with Crippen molar-refractivity contribution in [1.29, 1.82) is 0 Å². The molecule has 0 saturated heterocycles. The monoisotopic (exact) mass is 292 g/mol. The minimum absolute atomic E-state index is 0.397. The Morgan fingerprint density at radius 2 is 2.10 bits per heavy atom.